The fourth-order valence-electron chi connectivity index (χ4n) is 3.77. The largest absolute Gasteiger partial charge is 0.493 e. The number of fused-ring (bicyclic) bond motifs is 1. The molecule has 0 saturated heterocycles. The van der Waals surface area contributed by atoms with E-state index in [4.69, 9.17) is 9.72 Å². The van der Waals surface area contributed by atoms with E-state index in [1.807, 2.05) is 32.0 Å². The second-order valence-corrected chi connectivity index (χ2v) is 8.46. The lowest BCUT2D eigenvalue weighted by atomic mass is 10.1. The zero-order valence-corrected chi connectivity index (χ0v) is 20.7. The van der Waals surface area contributed by atoms with Crippen LogP contribution >= 0.6 is 15.9 Å². The smallest absolute Gasteiger partial charge is 0.252 e. The monoisotopic (exact) mass is 486 g/mol. The Morgan fingerprint density at radius 2 is 1.90 bits per heavy atom. The highest BCUT2D eigenvalue weighted by atomic mass is 79.9. The van der Waals surface area contributed by atoms with Crippen LogP contribution in [0.2, 0.25) is 0 Å². The molecule has 0 fully saturated rings. The second-order valence-electron chi connectivity index (χ2n) is 7.60. The van der Waals surface area contributed by atoms with Crippen LogP contribution in [0.25, 0.3) is 22.4 Å². The molecule has 0 saturated carbocycles. The summed E-state index contributed by atoms with van der Waals surface area (Å²) in [5, 5.41) is 3.07. The number of aromatic nitrogens is 2. The van der Waals surface area contributed by atoms with Gasteiger partial charge in [0.25, 0.3) is 5.91 Å². The Hall–Kier alpha value is -2.38. The van der Waals surface area contributed by atoms with Crippen molar-refractivity contribution in [3.8, 4) is 17.1 Å². The highest BCUT2D eigenvalue weighted by Crippen LogP contribution is 2.33. The third kappa shape index (κ3) is 4.77. The lowest BCUT2D eigenvalue weighted by Gasteiger charge is -2.27. The quantitative estimate of drug-likeness (QED) is 0.416. The molecule has 1 unspecified atom stereocenters. The molecule has 0 spiro atoms. The van der Waals surface area contributed by atoms with Crippen molar-refractivity contribution in [2.24, 2.45) is 0 Å². The summed E-state index contributed by atoms with van der Waals surface area (Å²) >= 11 is 3.62. The third-order valence-corrected chi connectivity index (χ3v) is 6.60. The van der Waals surface area contributed by atoms with Gasteiger partial charge in [-0.2, -0.15) is 0 Å². The molecular weight excluding hydrogens is 456 g/mol. The molecule has 0 aliphatic rings. The summed E-state index contributed by atoms with van der Waals surface area (Å²) in [5.41, 5.74) is 5.60. The van der Waals surface area contributed by atoms with Crippen molar-refractivity contribution < 1.29 is 9.53 Å². The molecule has 1 atom stereocenters. The highest BCUT2D eigenvalue weighted by Gasteiger charge is 2.18. The number of ether oxygens (including phenoxy) is 1. The number of imidazole rings is 1. The molecule has 1 heterocycles. The second kappa shape index (κ2) is 9.83. The Morgan fingerprint density at radius 1 is 1.19 bits per heavy atom. The first-order valence-electron chi connectivity index (χ1n) is 10.8. The molecule has 3 aromatic rings. The van der Waals surface area contributed by atoms with Crippen LogP contribution in [0.1, 0.15) is 49.2 Å². The van der Waals surface area contributed by atoms with E-state index in [1.54, 1.807) is 6.07 Å². The zero-order valence-electron chi connectivity index (χ0n) is 19.1. The Bertz CT molecular complexity index is 1090. The molecule has 31 heavy (non-hydrogen) atoms. The van der Waals surface area contributed by atoms with Crippen LogP contribution in [0.4, 0.5) is 0 Å². The average Bonchev–Trinajstić information content (AvgIpc) is 3.17. The number of aryl methyl sites for hydroxylation is 1. The molecule has 0 bridgehead atoms. The van der Waals surface area contributed by atoms with E-state index in [1.165, 1.54) is 5.56 Å². The van der Waals surface area contributed by atoms with Crippen molar-refractivity contribution in [3.05, 3.63) is 45.4 Å². The van der Waals surface area contributed by atoms with E-state index in [9.17, 15) is 4.79 Å². The highest BCUT2D eigenvalue weighted by molar-refractivity contribution is 9.10. The van der Waals surface area contributed by atoms with Gasteiger partial charge in [0.1, 0.15) is 11.6 Å². The summed E-state index contributed by atoms with van der Waals surface area (Å²) in [6, 6.07) is 7.57. The van der Waals surface area contributed by atoms with Crippen LogP contribution in [0.5, 0.6) is 5.75 Å². The summed E-state index contributed by atoms with van der Waals surface area (Å²) < 4.78 is 6.94. The van der Waals surface area contributed by atoms with Crippen LogP contribution in [0.3, 0.4) is 0 Å². The van der Waals surface area contributed by atoms with E-state index in [-0.39, 0.29) is 12.1 Å². The molecule has 1 aromatic heterocycles. The first kappa shape index (κ1) is 23.3. The maximum Gasteiger partial charge on any atom is 0.252 e. The van der Waals surface area contributed by atoms with E-state index in [0.29, 0.717) is 17.9 Å². The number of H-pyrrole nitrogens is 1. The maximum absolute atomic E-state index is 12.8. The number of halogens is 1. The van der Waals surface area contributed by atoms with Crippen LogP contribution in [0.15, 0.2) is 28.7 Å². The minimum absolute atomic E-state index is 0.0437. The van der Waals surface area contributed by atoms with Gasteiger partial charge in [0, 0.05) is 10.0 Å². The molecule has 0 aliphatic heterocycles. The van der Waals surface area contributed by atoms with Crippen LogP contribution < -0.4 is 10.1 Å². The molecule has 166 valence electrons. The van der Waals surface area contributed by atoms with Gasteiger partial charge in [-0.3, -0.25) is 9.69 Å². The molecule has 0 aliphatic carbocycles. The number of rotatable bonds is 8. The van der Waals surface area contributed by atoms with Gasteiger partial charge in [-0.15, -0.1) is 0 Å². The topological polar surface area (TPSA) is 70.2 Å². The van der Waals surface area contributed by atoms with Gasteiger partial charge in [-0.05, 0) is 76.2 Å². The van der Waals surface area contributed by atoms with Crippen molar-refractivity contribution in [2.45, 2.75) is 47.7 Å². The third-order valence-electron chi connectivity index (χ3n) is 5.78. The predicted octanol–water partition coefficient (Wildman–Crippen LogP) is 5.43. The maximum atomic E-state index is 12.8. The molecule has 1 amide bonds. The number of nitrogens with one attached hydrogen (secondary N) is 2. The standard InChI is InChI=1S/C24H31BrN4O2/c1-7-29(8-2)16(6)26-24(30)17-10-11-18(21(12-17)31-9-3)23-27-20-13-19(25)14(4)15(5)22(20)28-23/h10-13,16H,7-9H2,1-6H3,(H,26,30)(H,27,28). The minimum Gasteiger partial charge on any atom is -0.493 e. The van der Waals surface area contributed by atoms with Gasteiger partial charge in [-0.25, -0.2) is 4.98 Å². The fraction of sp³-hybridized carbons (Fsp3) is 0.417. The number of amides is 1. The van der Waals surface area contributed by atoms with Crippen molar-refractivity contribution in [3.63, 3.8) is 0 Å². The number of benzene rings is 2. The van der Waals surface area contributed by atoms with E-state index < -0.39 is 0 Å². The lowest BCUT2D eigenvalue weighted by Crippen LogP contribution is -2.46. The first-order chi connectivity index (χ1) is 14.8. The Morgan fingerprint density at radius 3 is 2.55 bits per heavy atom. The SMILES string of the molecule is CCOc1cc(C(=O)NC(C)N(CC)CC)ccc1-c1nc2c(C)c(C)c(Br)cc2[nH]1. The van der Waals surface area contributed by atoms with Gasteiger partial charge >= 0.3 is 0 Å². The average molecular weight is 487 g/mol. The van der Waals surface area contributed by atoms with Gasteiger partial charge < -0.3 is 15.0 Å². The number of nitrogens with zero attached hydrogens (tertiary/aromatic N) is 2. The van der Waals surface area contributed by atoms with Crippen LogP contribution in [-0.4, -0.2) is 46.6 Å². The summed E-state index contributed by atoms with van der Waals surface area (Å²) in [6.45, 7) is 14.5. The first-order valence-corrected chi connectivity index (χ1v) is 11.6. The zero-order chi connectivity index (χ0) is 22.7. The van der Waals surface area contributed by atoms with Gasteiger partial charge in [0.05, 0.1) is 29.4 Å². The van der Waals surface area contributed by atoms with Gasteiger partial charge in [0.2, 0.25) is 0 Å². The number of aromatic amines is 1. The predicted molar refractivity (Wildman–Crippen MR) is 130 cm³/mol. The molecule has 3 rings (SSSR count). The molecule has 0 radical (unpaired) electrons. The Balaban J connectivity index is 1.97. The summed E-state index contributed by atoms with van der Waals surface area (Å²) in [7, 11) is 0. The number of carbonyl (C=O) groups is 1. The molecule has 7 heteroatoms. The van der Waals surface area contributed by atoms with Crippen molar-refractivity contribution in [1.29, 1.82) is 0 Å². The van der Waals surface area contributed by atoms with E-state index in [2.05, 4.69) is 58.8 Å². The molecule has 2 N–H and O–H groups in total. The molecule has 6 nitrogen and oxygen atoms in total. The number of carbonyl (C=O) groups excluding carboxylic acids is 1. The summed E-state index contributed by atoms with van der Waals surface area (Å²) in [6.07, 6.45) is -0.0437. The minimum atomic E-state index is -0.119. The number of hydrogen-bond acceptors (Lipinski definition) is 4. The molecule has 2 aromatic carbocycles. The molecular formula is C24H31BrN4O2. The van der Waals surface area contributed by atoms with Gasteiger partial charge in [-0.1, -0.05) is 29.8 Å². The van der Waals surface area contributed by atoms with E-state index >= 15 is 0 Å². The Kier molecular flexibility index (Phi) is 7.38. The van der Waals surface area contributed by atoms with Crippen LogP contribution in [0, 0.1) is 13.8 Å². The van der Waals surface area contributed by atoms with Crippen molar-refractivity contribution in [1.82, 2.24) is 20.2 Å². The lowest BCUT2D eigenvalue weighted by molar-refractivity contribution is 0.0874. The summed E-state index contributed by atoms with van der Waals surface area (Å²) in [5.74, 6) is 1.24. The fourth-order valence-corrected chi connectivity index (χ4v) is 4.29. The van der Waals surface area contributed by atoms with Crippen molar-refractivity contribution in [2.75, 3.05) is 19.7 Å². The van der Waals surface area contributed by atoms with Crippen LogP contribution in [-0.2, 0) is 0 Å². The normalized spacial score (nSPS) is 12.4. The number of hydrogen-bond donors (Lipinski definition) is 2. The Labute approximate surface area is 192 Å². The van der Waals surface area contributed by atoms with E-state index in [0.717, 1.165) is 45.5 Å². The van der Waals surface area contributed by atoms with Crippen molar-refractivity contribution >= 4 is 32.9 Å². The summed E-state index contributed by atoms with van der Waals surface area (Å²) in [4.78, 5) is 23.3. The van der Waals surface area contributed by atoms with Gasteiger partial charge in [0.15, 0.2) is 0 Å².